The summed E-state index contributed by atoms with van der Waals surface area (Å²) in [6, 6.07) is 12.6. The lowest BCUT2D eigenvalue weighted by molar-refractivity contribution is -0.126. The van der Waals surface area contributed by atoms with Gasteiger partial charge in [0, 0.05) is 11.6 Å². The lowest BCUT2D eigenvalue weighted by Crippen LogP contribution is -2.41. The summed E-state index contributed by atoms with van der Waals surface area (Å²) in [6.07, 6.45) is -0.819. The van der Waals surface area contributed by atoms with E-state index in [1.807, 2.05) is 0 Å². The van der Waals surface area contributed by atoms with E-state index in [0.29, 0.717) is 16.1 Å². The Hall–Kier alpha value is -1.91. The number of hydrogen-bond acceptors (Lipinski definition) is 2. The number of rotatable bonds is 5. The van der Waals surface area contributed by atoms with Crippen molar-refractivity contribution in [1.29, 1.82) is 0 Å². The van der Waals surface area contributed by atoms with Crippen LogP contribution in [0.1, 0.15) is 31.1 Å². The molecule has 2 aromatic carbocycles. The molecule has 0 bridgehead atoms. The van der Waals surface area contributed by atoms with E-state index in [-0.39, 0.29) is 18.3 Å². The summed E-state index contributed by atoms with van der Waals surface area (Å²) in [6.45, 7) is 3.60. The van der Waals surface area contributed by atoms with Gasteiger partial charge in [0.05, 0.1) is 11.5 Å². The van der Waals surface area contributed by atoms with Gasteiger partial charge in [0.25, 0.3) is 0 Å². The third-order valence-electron chi connectivity index (χ3n) is 3.84. The summed E-state index contributed by atoms with van der Waals surface area (Å²) in [4.78, 5) is 12.4. The molecular weight excluding hydrogens is 317 g/mol. The van der Waals surface area contributed by atoms with Crippen molar-refractivity contribution in [2.24, 2.45) is 0 Å². The van der Waals surface area contributed by atoms with Crippen LogP contribution in [0.15, 0.2) is 48.5 Å². The number of aliphatic hydroxyl groups is 1. The minimum absolute atomic E-state index is 0.0884. The van der Waals surface area contributed by atoms with Crippen LogP contribution >= 0.6 is 11.6 Å². The molecule has 0 radical (unpaired) electrons. The zero-order valence-electron chi connectivity index (χ0n) is 13.0. The van der Waals surface area contributed by atoms with Crippen molar-refractivity contribution in [1.82, 2.24) is 5.32 Å². The molecule has 0 aromatic heterocycles. The van der Waals surface area contributed by atoms with Crippen LogP contribution in [0, 0.1) is 5.82 Å². The Morgan fingerprint density at radius 3 is 2.30 bits per heavy atom. The normalized spacial score (nSPS) is 12.7. The van der Waals surface area contributed by atoms with Crippen molar-refractivity contribution in [3.8, 4) is 0 Å². The van der Waals surface area contributed by atoms with Gasteiger partial charge in [0.15, 0.2) is 0 Å². The molecule has 23 heavy (non-hydrogen) atoms. The average molecular weight is 336 g/mol. The van der Waals surface area contributed by atoms with Gasteiger partial charge in [-0.2, -0.15) is 0 Å². The van der Waals surface area contributed by atoms with Gasteiger partial charge in [-0.25, -0.2) is 4.39 Å². The first-order chi connectivity index (χ1) is 10.8. The van der Waals surface area contributed by atoms with E-state index in [1.54, 1.807) is 50.2 Å². The van der Waals surface area contributed by atoms with E-state index in [9.17, 15) is 14.3 Å². The molecule has 2 aromatic rings. The van der Waals surface area contributed by atoms with Crippen molar-refractivity contribution in [2.45, 2.75) is 25.4 Å². The zero-order valence-corrected chi connectivity index (χ0v) is 13.8. The van der Waals surface area contributed by atoms with E-state index >= 15 is 0 Å². The number of carbonyl (C=O) groups excluding carboxylic acids is 1. The standard InChI is InChI=1S/C18H19ClFNO2/c1-18(2,13-5-9-15(20)10-6-13)17(23)21-11-16(22)12-3-7-14(19)8-4-12/h3-10,16,22H,11H2,1-2H3,(H,21,23). The summed E-state index contributed by atoms with van der Waals surface area (Å²) in [5.74, 6) is -0.583. The number of halogens is 2. The van der Waals surface area contributed by atoms with Crippen LogP contribution in [0.3, 0.4) is 0 Å². The molecule has 0 aliphatic heterocycles. The smallest absolute Gasteiger partial charge is 0.230 e. The lowest BCUT2D eigenvalue weighted by atomic mass is 9.83. The average Bonchev–Trinajstić information content (AvgIpc) is 2.53. The fourth-order valence-corrected chi connectivity index (χ4v) is 2.34. The van der Waals surface area contributed by atoms with Gasteiger partial charge in [-0.1, -0.05) is 35.9 Å². The van der Waals surface area contributed by atoms with E-state index in [1.165, 1.54) is 12.1 Å². The zero-order chi connectivity index (χ0) is 17.0. The van der Waals surface area contributed by atoms with E-state index < -0.39 is 11.5 Å². The molecule has 0 fully saturated rings. The van der Waals surface area contributed by atoms with Crippen LogP contribution in [-0.2, 0) is 10.2 Å². The molecule has 0 aliphatic rings. The minimum Gasteiger partial charge on any atom is -0.387 e. The molecule has 1 atom stereocenters. The topological polar surface area (TPSA) is 49.3 Å². The second-order valence-electron chi connectivity index (χ2n) is 5.91. The Kier molecular flexibility index (Phi) is 5.39. The van der Waals surface area contributed by atoms with Gasteiger partial charge in [-0.15, -0.1) is 0 Å². The summed E-state index contributed by atoms with van der Waals surface area (Å²) in [5.41, 5.74) is 0.555. The second kappa shape index (κ2) is 7.11. The highest BCUT2D eigenvalue weighted by atomic mass is 35.5. The molecule has 2 rings (SSSR count). The summed E-state index contributed by atoms with van der Waals surface area (Å²) < 4.78 is 13.0. The van der Waals surface area contributed by atoms with Gasteiger partial charge in [0.2, 0.25) is 5.91 Å². The van der Waals surface area contributed by atoms with Crippen LogP contribution < -0.4 is 5.32 Å². The fourth-order valence-electron chi connectivity index (χ4n) is 2.21. The van der Waals surface area contributed by atoms with Gasteiger partial charge in [0.1, 0.15) is 5.82 Å². The summed E-state index contributed by atoms with van der Waals surface area (Å²) in [5, 5.41) is 13.4. The predicted molar refractivity (Wildman–Crippen MR) is 88.8 cm³/mol. The number of nitrogens with one attached hydrogen (secondary N) is 1. The maximum absolute atomic E-state index is 13.0. The fraction of sp³-hybridized carbons (Fsp3) is 0.278. The van der Waals surface area contributed by atoms with Crippen molar-refractivity contribution in [3.05, 3.63) is 70.5 Å². The molecule has 0 aliphatic carbocycles. The van der Waals surface area contributed by atoms with Crippen LogP contribution in [0.5, 0.6) is 0 Å². The van der Waals surface area contributed by atoms with Crippen LogP contribution in [0.25, 0.3) is 0 Å². The first-order valence-corrected chi connectivity index (χ1v) is 7.66. The Morgan fingerprint density at radius 1 is 1.17 bits per heavy atom. The second-order valence-corrected chi connectivity index (χ2v) is 6.35. The predicted octanol–water partition coefficient (Wildman–Crippen LogP) is 3.61. The quantitative estimate of drug-likeness (QED) is 0.877. The maximum atomic E-state index is 13.0. The van der Waals surface area contributed by atoms with Crippen molar-refractivity contribution in [3.63, 3.8) is 0 Å². The highest BCUT2D eigenvalue weighted by Gasteiger charge is 2.30. The van der Waals surface area contributed by atoms with Crippen LogP contribution in [-0.4, -0.2) is 17.6 Å². The third-order valence-corrected chi connectivity index (χ3v) is 4.10. The molecule has 5 heteroatoms. The van der Waals surface area contributed by atoms with Gasteiger partial charge >= 0.3 is 0 Å². The van der Waals surface area contributed by atoms with Crippen molar-refractivity contribution < 1.29 is 14.3 Å². The largest absolute Gasteiger partial charge is 0.387 e. The maximum Gasteiger partial charge on any atom is 0.230 e. The van der Waals surface area contributed by atoms with Crippen molar-refractivity contribution in [2.75, 3.05) is 6.54 Å². The summed E-state index contributed by atoms with van der Waals surface area (Å²) >= 11 is 5.80. The van der Waals surface area contributed by atoms with Gasteiger partial charge in [-0.3, -0.25) is 4.79 Å². The van der Waals surface area contributed by atoms with E-state index in [0.717, 1.165) is 0 Å². The highest BCUT2D eigenvalue weighted by Crippen LogP contribution is 2.24. The Labute approximate surface area is 140 Å². The van der Waals surface area contributed by atoms with E-state index in [4.69, 9.17) is 11.6 Å². The van der Waals surface area contributed by atoms with E-state index in [2.05, 4.69) is 5.32 Å². The molecule has 1 unspecified atom stereocenters. The van der Waals surface area contributed by atoms with Gasteiger partial charge in [-0.05, 0) is 49.2 Å². The van der Waals surface area contributed by atoms with Gasteiger partial charge < -0.3 is 10.4 Å². The first kappa shape index (κ1) is 17.4. The molecule has 0 spiro atoms. The first-order valence-electron chi connectivity index (χ1n) is 7.28. The molecule has 3 nitrogen and oxygen atoms in total. The number of benzene rings is 2. The van der Waals surface area contributed by atoms with Crippen LogP contribution in [0.4, 0.5) is 4.39 Å². The molecule has 0 saturated carbocycles. The monoisotopic (exact) mass is 335 g/mol. The minimum atomic E-state index is -0.826. The molecule has 1 amide bonds. The number of hydrogen-bond donors (Lipinski definition) is 2. The molecule has 2 N–H and O–H groups in total. The number of amides is 1. The Bertz CT molecular complexity index is 668. The van der Waals surface area contributed by atoms with Crippen molar-refractivity contribution >= 4 is 17.5 Å². The molecule has 0 heterocycles. The lowest BCUT2D eigenvalue weighted by Gasteiger charge is -2.25. The molecule has 0 saturated heterocycles. The highest BCUT2D eigenvalue weighted by molar-refractivity contribution is 6.30. The third kappa shape index (κ3) is 4.30. The number of carbonyl (C=O) groups is 1. The van der Waals surface area contributed by atoms with Crippen LogP contribution in [0.2, 0.25) is 5.02 Å². The molecule has 122 valence electrons. The molecular formula is C18H19ClFNO2. The number of aliphatic hydroxyl groups excluding tert-OH is 1. The summed E-state index contributed by atoms with van der Waals surface area (Å²) in [7, 11) is 0. The Morgan fingerprint density at radius 2 is 1.74 bits per heavy atom. The Balaban J connectivity index is 2.00. The SMILES string of the molecule is CC(C)(C(=O)NCC(O)c1ccc(Cl)cc1)c1ccc(F)cc1.